The van der Waals surface area contributed by atoms with Crippen LogP contribution in [0.5, 0.6) is 0 Å². The maximum atomic E-state index is 11.3. The standard InChI is InChI=1S/C10H17NO2/c1-2-3-6-13-10(12)9-8(11-9)7-4-5-7/h7-9,11H,2-6H2,1H3/t8-,9-/m1/s1. The van der Waals surface area contributed by atoms with E-state index in [9.17, 15) is 4.79 Å². The number of ether oxygens (including phenoxy) is 1. The van der Waals surface area contributed by atoms with Crippen molar-refractivity contribution in [3.63, 3.8) is 0 Å². The highest BCUT2D eigenvalue weighted by atomic mass is 16.5. The van der Waals surface area contributed by atoms with E-state index in [1.54, 1.807) is 0 Å². The van der Waals surface area contributed by atoms with Crippen LogP contribution in [0.3, 0.4) is 0 Å². The van der Waals surface area contributed by atoms with Crippen LogP contribution in [0.4, 0.5) is 0 Å². The second kappa shape index (κ2) is 3.66. The van der Waals surface area contributed by atoms with E-state index in [-0.39, 0.29) is 12.0 Å². The van der Waals surface area contributed by atoms with Crippen LogP contribution in [0, 0.1) is 5.92 Å². The number of hydrogen-bond acceptors (Lipinski definition) is 3. The average molecular weight is 183 g/mol. The van der Waals surface area contributed by atoms with Crippen LogP contribution >= 0.6 is 0 Å². The molecule has 1 N–H and O–H groups in total. The molecule has 2 rings (SSSR count). The molecule has 74 valence electrons. The summed E-state index contributed by atoms with van der Waals surface area (Å²) >= 11 is 0. The van der Waals surface area contributed by atoms with Gasteiger partial charge in [-0.05, 0) is 25.2 Å². The summed E-state index contributed by atoms with van der Waals surface area (Å²) in [5.41, 5.74) is 0. The molecule has 3 heteroatoms. The summed E-state index contributed by atoms with van der Waals surface area (Å²) in [5, 5.41) is 3.18. The van der Waals surface area contributed by atoms with E-state index in [1.165, 1.54) is 12.8 Å². The van der Waals surface area contributed by atoms with Gasteiger partial charge in [-0.25, -0.2) is 0 Å². The summed E-state index contributed by atoms with van der Waals surface area (Å²) in [6.07, 6.45) is 4.64. The molecule has 0 unspecified atom stereocenters. The molecule has 2 aliphatic rings. The molecule has 1 aliphatic heterocycles. The maximum Gasteiger partial charge on any atom is 0.324 e. The van der Waals surface area contributed by atoms with Gasteiger partial charge in [-0.15, -0.1) is 0 Å². The van der Waals surface area contributed by atoms with Gasteiger partial charge in [0.15, 0.2) is 0 Å². The Labute approximate surface area is 78.8 Å². The molecule has 0 aromatic heterocycles. The first-order valence-corrected chi connectivity index (χ1v) is 5.25. The van der Waals surface area contributed by atoms with Crippen molar-refractivity contribution in [3.05, 3.63) is 0 Å². The van der Waals surface area contributed by atoms with Crippen molar-refractivity contribution in [2.24, 2.45) is 5.92 Å². The highest BCUT2D eigenvalue weighted by molar-refractivity contribution is 5.80. The minimum absolute atomic E-state index is 0.0318. The fourth-order valence-electron chi connectivity index (χ4n) is 1.64. The van der Waals surface area contributed by atoms with Crippen molar-refractivity contribution < 1.29 is 9.53 Å². The molecule has 13 heavy (non-hydrogen) atoms. The number of carbonyl (C=O) groups is 1. The fraction of sp³-hybridized carbons (Fsp3) is 0.900. The zero-order chi connectivity index (χ0) is 9.26. The summed E-state index contributed by atoms with van der Waals surface area (Å²) < 4.78 is 5.11. The molecular weight excluding hydrogens is 166 g/mol. The van der Waals surface area contributed by atoms with Gasteiger partial charge in [0.25, 0.3) is 0 Å². The maximum absolute atomic E-state index is 11.3. The number of esters is 1. The third kappa shape index (κ3) is 2.21. The topological polar surface area (TPSA) is 48.2 Å². The number of hydrogen-bond donors (Lipinski definition) is 1. The number of rotatable bonds is 5. The van der Waals surface area contributed by atoms with Crippen LogP contribution in [0.2, 0.25) is 0 Å². The lowest BCUT2D eigenvalue weighted by Gasteiger charge is -2.01. The van der Waals surface area contributed by atoms with Gasteiger partial charge in [-0.3, -0.25) is 10.1 Å². The second-order valence-electron chi connectivity index (χ2n) is 4.03. The molecule has 2 atom stereocenters. The van der Waals surface area contributed by atoms with Crippen molar-refractivity contribution in [2.45, 2.75) is 44.7 Å². The number of carbonyl (C=O) groups excluding carboxylic acids is 1. The predicted molar refractivity (Wildman–Crippen MR) is 49.3 cm³/mol. The van der Waals surface area contributed by atoms with Crippen molar-refractivity contribution in [1.29, 1.82) is 0 Å². The van der Waals surface area contributed by atoms with Gasteiger partial charge >= 0.3 is 5.97 Å². The largest absolute Gasteiger partial charge is 0.464 e. The Balaban J connectivity index is 1.61. The number of unbranched alkanes of at least 4 members (excludes halogenated alkanes) is 1. The van der Waals surface area contributed by atoms with Crippen LogP contribution in [-0.2, 0) is 9.53 Å². The second-order valence-corrected chi connectivity index (χ2v) is 4.03. The molecule has 0 spiro atoms. The Morgan fingerprint density at radius 1 is 1.54 bits per heavy atom. The lowest BCUT2D eigenvalue weighted by Crippen LogP contribution is -2.16. The van der Waals surface area contributed by atoms with E-state index < -0.39 is 0 Å². The fourth-order valence-corrected chi connectivity index (χ4v) is 1.64. The molecule has 1 saturated heterocycles. The van der Waals surface area contributed by atoms with E-state index >= 15 is 0 Å². The molecule has 0 amide bonds. The Kier molecular flexibility index (Phi) is 2.54. The predicted octanol–water partition coefficient (Wildman–Crippen LogP) is 1.08. The molecule has 0 bridgehead atoms. The monoisotopic (exact) mass is 183 g/mol. The van der Waals surface area contributed by atoms with Crippen molar-refractivity contribution in [3.8, 4) is 0 Å². The van der Waals surface area contributed by atoms with E-state index in [2.05, 4.69) is 12.2 Å². The van der Waals surface area contributed by atoms with Crippen LogP contribution in [0.1, 0.15) is 32.6 Å². The van der Waals surface area contributed by atoms with E-state index in [4.69, 9.17) is 4.74 Å². The van der Waals surface area contributed by atoms with Crippen LogP contribution in [-0.4, -0.2) is 24.7 Å². The summed E-state index contributed by atoms with van der Waals surface area (Å²) in [5.74, 6) is 0.731. The Hall–Kier alpha value is -0.570. The van der Waals surface area contributed by atoms with Gasteiger partial charge in [0.05, 0.1) is 6.61 Å². The zero-order valence-electron chi connectivity index (χ0n) is 8.08. The first-order chi connectivity index (χ1) is 6.33. The molecule has 3 nitrogen and oxygen atoms in total. The molecule has 1 saturated carbocycles. The summed E-state index contributed by atoms with van der Waals surface area (Å²) in [4.78, 5) is 11.3. The Morgan fingerprint density at radius 2 is 2.31 bits per heavy atom. The highest BCUT2D eigenvalue weighted by Gasteiger charge is 2.51. The third-order valence-corrected chi connectivity index (χ3v) is 2.75. The van der Waals surface area contributed by atoms with Gasteiger partial charge in [0.1, 0.15) is 6.04 Å². The Bertz CT molecular complexity index is 201. The van der Waals surface area contributed by atoms with E-state index in [0.29, 0.717) is 12.6 Å². The molecule has 0 aromatic rings. The first-order valence-electron chi connectivity index (χ1n) is 5.25. The average Bonchev–Trinajstić information content (AvgIpc) is 2.96. The van der Waals surface area contributed by atoms with Crippen molar-refractivity contribution >= 4 is 5.97 Å². The van der Waals surface area contributed by atoms with Gasteiger partial charge in [-0.2, -0.15) is 0 Å². The quantitative estimate of drug-likeness (QED) is 0.394. The number of nitrogens with one attached hydrogen (secondary N) is 1. The molecule has 2 fully saturated rings. The molecule has 0 radical (unpaired) electrons. The summed E-state index contributed by atoms with van der Waals surface area (Å²) in [6.45, 7) is 2.68. The van der Waals surface area contributed by atoms with Crippen molar-refractivity contribution in [2.75, 3.05) is 6.61 Å². The zero-order valence-corrected chi connectivity index (χ0v) is 8.08. The van der Waals surface area contributed by atoms with Crippen LogP contribution < -0.4 is 5.32 Å². The van der Waals surface area contributed by atoms with Gasteiger partial charge in [-0.1, -0.05) is 13.3 Å². The molecule has 1 heterocycles. The molecule has 1 aliphatic carbocycles. The highest BCUT2D eigenvalue weighted by Crippen LogP contribution is 2.39. The summed E-state index contributed by atoms with van der Waals surface area (Å²) in [7, 11) is 0. The SMILES string of the molecule is CCCCOC(=O)[C@@H]1N[C@@H]1C1CC1. The van der Waals surface area contributed by atoms with E-state index in [0.717, 1.165) is 18.8 Å². The van der Waals surface area contributed by atoms with Crippen LogP contribution in [0.25, 0.3) is 0 Å². The van der Waals surface area contributed by atoms with E-state index in [1.807, 2.05) is 0 Å². The minimum Gasteiger partial charge on any atom is -0.464 e. The third-order valence-electron chi connectivity index (χ3n) is 2.75. The van der Waals surface area contributed by atoms with Crippen molar-refractivity contribution in [1.82, 2.24) is 5.32 Å². The Morgan fingerprint density at radius 3 is 2.92 bits per heavy atom. The lowest BCUT2D eigenvalue weighted by molar-refractivity contribution is -0.143. The lowest BCUT2D eigenvalue weighted by atomic mass is 10.2. The minimum atomic E-state index is -0.0367. The molecule has 0 aromatic carbocycles. The van der Waals surface area contributed by atoms with Gasteiger partial charge < -0.3 is 4.74 Å². The van der Waals surface area contributed by atoms with Gasteiger partial charge in [0, 0.05) is 6.04 Å². The van der Waals surface area contributed by atoms with Gasteiger partial charge in [0.2, 0.25) is 0 Å². The summed E-state index contributed by atoms with van der Waals surface area (Å²) in [6, 6.07) is 0.485. The first kappa shape index (κ1) is 9.00. The molecular formula is C10H17NO2. The normalized spacial score (nSPS) is 31.5. The smallest absolute Gasteiger partial charge is 0.324 e. The van der Waals surface area contributed by atoms with Crippen LogP contribution in [0.15, 0.2) is 0 Å².